The highest BCUT2D eigenvalue weighted by molar-refractivity contribution is 6.31. The Morgan fingerprint density at radius 2 is 1.80 bits per heavy atom. The fraction of sp³-hybridized carbons (Fsp3) is 0.500. The maximum Gasteiger partial charge on any atom is 0.303 e. The number of hydrogen-bond donors (Lipinski definition) is 2. The summed E-state index contributed by atoms with van der Waals surface area (Å²) in [5.41, 5.74) is 0.444. The third kappa shape index (κ3) is 4.58. The highest BCUT2D eigenvalue weighted by Crippen LogP contribution is 2.37. The van der Waals surface area contributed by atoms with Gasteiger partial charge in [0.15, 0.2) is 11.5 Å². The first-order valence-corrected chi connectivity index (χ1v) is 6.86. The minimum Gasteiger partial charge on any atom is -0.490 e. The molecule has 0 radical (unpaired) electrons. The molecular formula is C14H19ClO5. The second kappa shape index (κ2) is 7.97. The van der Waals surface area contributed by atoms with Crippen molar-refractivity contribution in [3.63, 3.8) is 0 Å². The van der Waals surface area contributed by atoms with Crippen molar-refractivity contribution in [2.75, 3.05) is 13.2 Å². The normalized spacial score (nSPS) is 12.0. The first-order valence-electron chi connectivity index (χ1n) is 6.48. The van der Waals surface area contributed by atoms with Crippen molar-refractivity contribution in [1.82, 2.24) is 0 Å². The molecule has 112 valence electrons. The maximum atomic E-state index is 10.5. The van der Waals surface area contributed by atoms with E-state index in [1.165, 1.54) is 0 Å². The summed E-state index contributed by atoms with van der Waals surface area (Å²) in [5, 5.41) is 19.0. The number of aliphatic hydroxyl groups excluding tert-OH is 1. The lowest BCUT2D eigenvalue weighted by Crippen LogP contribution is -2.05. The van der Waals surface area contributed by atoms with E-state index >= 15 is 0 Å². The van der Waals surface area contributed by atoms with Crippen LogP contribution < -0.4 is 9.47 Å². The number of benzene rings is 1. The number of carboxylic acids is 1. The summed E-state index contributed by atoms with van der Waals surface area (Å²) < 4.78 is 10.9. The SMILES string of the molecule is CCOc1cc(Cl)c(C(O)CCC(=O)O)cc1OCC. The van der Waals surface area contributed by atoms with Gasteiger partial charge in [-0.05, 0) is 26.3 Å². The van der Waals surface area contributed by atoms with E-state index in [1.54, 1.807) is 12.1 Å². The van der Waals surface area contributed by atoms with Crippen LogP contribution in [0.25, 0.3) is 0 Å². The average molecular weight is 303 g/mol. The number of carbonyl (C=O) groups is 1. The molecule has 0 fully saturated rings. The molecule has 1 rings (SSSR count). The summed E-state index contributed by atoms with van der Waals surface area (Å²) in [4.78, 5) is 10.5. The Balaban J connectivity index is 3.00. The molecule has 0 amide bonds. The Kier molecular flexibility index (Phi) is 6.61. The summed E-state index contributed by atoms with van der Waals surface area (Å²) in [6.45, 7) is 4.60. The van der Waals surface area contributed by atoms with Gasteiger partial charge >= 0.3 is 5.97 Å². The topological polar surface area (TPSA) is 76.0 Å². The molecule has 0 heterocycles. The van der Waals surface area contributed by atoms with Crippen LogP contribution in [0, 0.1) is 0 Å². The van der Waals surface area contributed by atoms with Crippen LogP contribution in [0.15, 0.2) is 12.1 Å². The Labute approximate surface area is 123 Å². The molecule has 5 nitrogen and oxygen atoms in total. The third-order valence-electron chi connectivity index (χ3n) is 2.65. The minimum absolute atomic E-state index is 0.0919. The Morgan fingerprint density at radius 3 is 2.30 bits per heavy atom. The highest BCUT2D eigenvalue weighted by Gasteiger charge is 2.17. The van der Waals surface area contributed by atoms with Crippen LogP contribution in [0.3, 0.4) is 0 Å². The van der Waals surface area contributed by atoms with E-state index in [1.807, 2.05) is 13.8 Å². The lowest BCUT2D eigenvalue weighted by Gasteiger charge is -2.17. The van der Waals surface area contributed by atoms with Gasteiger partial charge in [-0.3, -0.25) is 4.79 Å². The van der Waals surface area contributed by atoms with E-state index in [-0.39, 0.29) is 12.8 Å². The number of hydrogen-bond acceptors (Lipinski definition) is 4. The zero-order valence-electron chi connectivity index (χ0n) is 11.6. The van der Waals surface area contributed by atoms with Crippen molar-refractivity contribution in [2.45, 2.75) is 32.8 Å². The van der Waals surface area contributed by atoms with Crippen molar-refractivity contribution < 1.29 is 24.5 Å². The fourth-order valence-corrected chi connectivity index (χ4v) is 2.04. The van der Waals surface area contributed by atoms with E-state index < -0.39 is 12.1 Å². The molecule has 0 saturated heterocycles. The van der Waals surface area contributed by atoms with Crippen molar-refractivity contribution >= 4 is 17.6 Å². The molecule has 0 saturated carbocycles. The molecule has 1 atom stereocenters. The van der Waals surface area contributed by atoms with Crippen LogP contribution in [0.1, 0.15) is 38.4 Å². The van der Waals surface area contributed by atoms with Crippen LogP contribution in [0.4, 0.5) is 0 Å². The number of halogens is 1. The molecule has 2 N–H and O–H groups in total. The summed E-state index contributed by atoms with van der Waals surface area (Å²) >= 11 is 6.10. The number of aliphatic hydroxyl groups is 1. The summed E-state index contributed by atoms with van der Waals surface area (Å²) in [6, 6.07) is 3.18. The van der Waals surface area contributed by atoms with Crippen LogP contribution in [-0.4, -0.2) is 29.4 Å². The Bertz CT molecular complexity index is 461. The first kappa shape index (κ1) is 16.6. The lowest BCUT2D eigenvalue weighted by atomic mass is 10.0. The molecular weight excluding hydrogens is 284 g/mol. The van der Waals surface area contributed by atoms with E-state index in [9.17, 15) is 9.90 Å². The third-order valence-corrected chi connectivity index (χ3v) is 2.98. The maximum absolute atomic E-state index is 10.5. The van der Waals surface area contributed by atoms with Gasteiger partial charge in [0.1, 0.15) is 0 Å². The van der Waals surface area contributed by atoms with Crippen molar-refractivity contribution in [2.24, 2.45) is 0 Å². The number of rotatable bonds is 8. The van der Waals surface area contributed by atoms with Crippen LogP contribution in [0.2, 0.25) is 5.02 Å². The largest absolute Gasteiger partial charge is 0.490 e. The lowest BCUT2D eigenvalue weighted by molar-refractivity contribution is -0.137. The second-order valence-corrected chi connectivity index (χ2v) is 4.54. The average Bonchev–Trinajstić information content (AvgIpc) is 2.39. The molecule has 0 spiro atoms. The molecule has 0 bridgehead atoms. The van der Waals surface area contributed by atoms with Crippen LogP contribution in [-0.2, 0) is 4.79 Å². The molecule has 1 unspecified atom stereocenters. The van der Waals surface area contributed by atoms with Crippen LogP contribution in [0.5, 0.6) is 11.5 Å². The van der Waals surface area contributed by atoms with Gasteiger partial charge in [-0.2, -0.15) is 0 Å². The van der Waals surface area contributed by atoms with Gasteiger partial charge in [0.25, 0.3) is 0 Å². The molecule has 0 aliphatic heterocycles. The Morgan fingerprint density at radius 1 is 1.25 bits per heavy atom. The monoisotopic (exact) mass is 302 g/mol. The predicted octanol–water partition coefficient (Wildman–Crippen LogP) is 3.04. The number of carboxylic acid groups (broad SMARTS) is 1. The smallest absolute Gasteiger partial charge is 0.303 e. The molecule has 0 aliphatic rings. The van der Waals surface area contributed by atoms with Gasteiger partial charge in [0.2, 0.25) is 0 Å². The molecule has 20 heavy (non-hydrogen) atoms. The van der Waals surface area contributed by atoms with Crippen LogP contribution >= 0.6 is 11.6 Å². The highest BCUT2D eigenvalue weighted by atomic mass is 35.5. The fourth-order valence-electron chi connectivity index (χ4n) is 1.76. The second-order valence-electron chi connectivity index (χ2n) is 4.13. The number of ether oxygens (including phenoxy) is 2. The molecule has 1 aromatic rings. The van der Waals surface area contributed by atoms with Gasteiger partial charge in [-0.25, -0.2) is 0 Å². The molecule has 6 heteroatoms. The van der Waals surface area contributed by atoms with Gasteiger partial charge in [0.05, 0.1) is 24.3 Å². The van der Waals surface area contributed by atoms with E-state index in [0.717, 1.165) is 0 Å². The zero-order valence-corrected chi connectivity index (χ0v) is 12.3. The van der Waals surface area contributed by atoms with Crippen molar-refractivity contribution in [3.8, 4) is 11.5 Å². The number of aliphatic carboxylic acids is 1. The van der Waals surface area contributed by atoms with E-state index in [0.29, 0.717) is 35.3 Å². The van der Waals surface area contributed by atoms with Crippen molar-refractivity contribution in [3.05, 3.63) is 22.7 Å². The summed E-state index contributed by atoms with van der Waals surface area (Å²) in [7, 11) is 0. The predicted molar refractivity (Wildman–Crippen MR) is 75.6 cm³/mol. The quantitative estimate of drug-likeness (QED) is 0.772. The molecule has 0 aromatic heterocycles. The van der Waals surface area contributed by atoms with E-state index in [4.69, 9.17) is 26.2 Å². The van der Waals surface area contributed by atoms with Gasteiger partial charge in [-0.1, -0.05) is 11.6 Å². The van der Waals surface area contributed by atoms with Gasteiger partial charge in [0, 0.05) is 18.1 Å². The Hall–Kier alpha value is -1.46. The van der Waals surface area contributed by atoms with Gasteiger partial charge < -0.3 is 19.7 Å². The first-order chi connectivity index (χ1) is 9.49. The zero-order chi connectivity index (χ0) is 15.1. The van der Waals surface area contributed by atoms with Crippen molar-refractivity contribution in [1.29, 1.82) is 0 Å². The van der Waals surface area contributed by atoms with E-state index in [2.05, 4.69) is 0 Å². The molecule has 1 aromatic carbocycles. The standard InChI is InChI=1S/C14H19ClO5/c1-3-19-12-7-9(11(16)5-6-14(17)18)10(15)8-13(12)20-4-2/h7-8,11,16H,3-6H2,1-2H3,(H,17,18). The summed E-state index contributed by atoms with van der Waals surface area (Å²) in [5.74, 6) is 0.0350. The molecule has 0 aliphatic carbocycles. The summed E-state index contributed by atoms with van der Waals surface area (Å²) in [6.07, 6.45) is -0.989. The minimum atomic E-state index is -0.962. The van der Waals surface area contributed by atoms with Gasteiger partial charge in [-0.15, -0.1) is 0 Å².